The second kappa shape index (κ2) is 6.49. The number of H-pyrrole nitrogens is 1. The van der Waals surface area contributed by atoms with Crippen molar-refractivity contribution in [2.24, 2.45) is 5.92 Å². The molecule has 0 saturated heterocycles. The maximum atomic E-state index is 13.9. The molecule has 1 aliphatic carbocycles. The fourth-order valence-electron chi connectivity index (χ4n) is 3.25. The Hall–Kier alpha value is -1.98. The van der Waals surface area contributed by atoms with E-state index < -0.39 is 11.7 Å². The fraction of sp³-hybridized carbons (Fsp3) is 0.500. The smallest absolute Gasteiger partial charge is 0.248 e. The van der Waals surface area contributed by atoms with Crippen LogP contribution in [0.5, 0.6) is 5.75 Å². The minimum atomic E-state index is -2.54. The molecule has 130 valence electrons. The van der Waals surface area contributed by atoms with Crippen molar-refractivity contribution in [2.75, 3.05) is 6.61 Å². The molecule has 1 saturated carbocycles. The predicted octanol–water partition coefficient (Wildman–Crippen LogP) is 5.04. The van der Waals surface area contributed by atoms with Crippen LogP contribution in [0.3, 0.4) is 0 Å². The zero-order valence-corrected chi connectivity index (χ0v) is 13.8. The molecule has 0 bridgehead atoms. The molecular formula is C18H21F3N2O. The standard InChI is InChI=1S/C18H21F3N2O/c1-11-17(12(2)23-22-11)14-7-15(19)9-16(8-14)24-10-13-3-5-18(20,21)6-4-13/h7-9,13H,3-6,10H2,1-2H3,(H,22,23). The van der Waals surface area contributed by atoms with Crippen molar-refractivity contribution in [3.8, 4) is 16.9 Å². The van der Waals surface area contributed by atoms with Crippen LogP contribution in [0, 0.1) is 25.6 Å². The molecule has 2 aromatic rings. The molecule has 3 nitrogen and oxygen atoms in total. The molecule has 0 unspecified atom stereocenters. The number of ether oxygens (including phenoxy) is 1. The van der Waals surface area contributed by atoms with Gasteiger partial charge in [-0.3, -0.25) is 5.10 Å². The maximum Gasteiger partial charge on any atom is 0.248 e. The minimum Gasteiger partial charge on any atom is -0.493 e. The van der Waals surface area contributed by atoms with Crippen LogP contribution in [0.2, 0.25) is 0 Å². The molecule has 1 fully saturated rings. The summed E-state index contributed by atoms with van der Waals surface area (Å²) in [6, 6.07) is 4.54. The Labute approximate surface area is 139 Å². The van der Waals surface area contributed by atoms with E-state index in [1.54, 1.807) is 6.07 Å². The summed E-state index contributed by atoms with van der Waals surface area (Å²) in [5, 5.41) is 7.01. The number of nitrogens with one attached hydrogen (secondary N) is 1. The molecule has 3 rings (SSSR count). The summed E-state index contributed by atoms with van der Waals surface area (Å²) < 4.78 is 46.0. The van der Waals surface area contributed by atoms with Gasteiger partial charge in [-0.15, -0.1) is 0 Å². The molecule has 0 amide bonds. The van der Waals surface area contributed by atoms with Gasteiger partial charge in [0.15, 0.2) is 0 Å². The Morgan fingerprint density at radius 3 is 2.54 bits per heavy atom. The Kier molecular flexibility index (Phi) is 4.56. The van der Waals surface area contributed by atoms with Crippen molar-refractivity contribution in [2.45, 2.75) is 45.5 Å². The Balaban J connectivity index is 1.71. The highest BCUT2D eigenvalue weighted by Gasteiger charge is 2.35. The van der Waals surface area contributed by atoms with Crippen molar-refractivity contribution in [1.82, 2.24) is 10.2 Å². The molecule has 1 aliphatic rings. The first kappa shape index (κ1) is 16.9. The average molecular weight is 338 g/mol. The van der Waals surface area contributed by atoms with E-state index in [1.165, 1.54) is 12.1 Å². The fourth-order valence-corrected chi connectivity index (χ4v) is 3.25. The van der Waals surface area contributed by atoms with Crippen molar-refractivity contribution >= 4 is 0 Å². The molecule has 1 heterocycles. The van der Waals surface area contributed by atoms with Crippen molar-refractivity contribution < 1.29 is 17.9 Å². The zero-order valence-electron chi connectivity index (χ0n) is 13.8. The first-order chi connectivity index (χ1) is 11.3. The SMILES string of the molecule is Cc1n[nH]c(C)c1-c1cc(F)cc(OCC2CCC(F)(F)CC2)c1. The second-order valence-corrected chi connectivity index (χ2v) is 6.59. The van der Waals surface area contributed by atoms with E-state index in [4.69, 9.17) is 4.74 Å². The minimum absolute atomic E-state index is 0.0914. The summed E-state index contributed by atoms with van der Waals surface area (Å²) in [4.78, 5) is 0. The van der Waals surface area contributed by atoms with E-state index in [1.807, 2.05) is 13.8 Å². The van der Waals surface area contributed by atoms with E-state index in [9.17, 15) is 13.2 Å². The molecule has 0 radical (unpaired) electrons. The lowest BCUT2D eigenvalue weighted by Crippen LogP contribution is -2.27. The van der Waals surface area contributed by atoms with Crippen LogP contribution in [-0.4, -0.2) is 22.7 Å². The monoisotopic (exact) mass is 338 g/mol. The molecule has 1 N–H and O–H groups in total. The Morgan fingerprint density at radius 2 is 1.92 bits per heavy atom. The highest BCUT2D eigenvalue weighted by molar-refractivity contribution is 5.69. The summed E-state index contributed by atoms with van der Waals surface area (Å²) in [6.45, 7) is 4.07. The lowest BCUT2D eigenvalue weighted by atomic mass is 9.87. The van der Waals surface area contributed by atoms with E-state index >= 15 is 0 Å². The van der Waals surface area contributed by atoms with Crippen LogP contribution in [0.15, 0.2) is 18.2 Å². The van der Waals surface area contributed by atoms with Crippen LogP contribution in [-0.2, 0) is 0 Å². The van der Waals surface area contributed by atoms with E-state index in [0.29, 0.717) is 30.8 Å². The lowest BCUT2D eigenvalue weighted by molar-refractivity contribution is -0.0498. The molecule has 6 heteroatoms. The average Bonchev–Trinajstić information content (AvgIpc) is 2.84. The molecule has 0 atom stereocenters. The van der Waals surface area contributed by atoms with Gasteiger partial charge in [-0.05, 0) is 50.3 Å². The third-order valence-electron chi connectivity index (χ3n) is 4.61. The third kappa shape index (κ3) is 3.74. The molecule has 1 aromatic carbocycles. The first-order valence-corrected chi connectivity index (χ1v) is 8.17. The molecule has 1 aromatic heterocycles. The van der Waals surface area contributed by atoms with Gasteiger partial charge in [-0.2, -0.15) is 5.10 Å². The number of nitrogens with zero attached hydrogens (tertiary/aromatic N) is 1. The van der Waals surface area contributed by atoms with Crippen molar-refractivity contribution in [3.05, 3.63) is 35.4 Å². The van der Waals surface area contributed by atoms with Gasteiger partial charge in [-0.1, -0.05) is 0 Å². The van der Waals surface area contributed by atoms with E-state index in [-0.39, 0.29) is 18.8 Å². The summed E-state index contributed by atoms with van der Waals surface area (Å²) in [5.74, 6) is -2.42. The summed E-state index contributed by atoms with van der Waals surface area (Å²) in [5.41, 5.74) is 3.21. The van der Waals surface area contributed by atoms with Gasteiger partial charge >= 0.3 is 0 Å². The topological polar surface area (TPSA) is 37.9 Å². The lowest BCUT2D eigenvalue weighted by Gasteiger charge is -2.28. The number of aryl methyl sites for hydroxylation is 2. The Bertz CT molecular complexity index is 698. The van der Waals surface area contributed by atoms with E-state index in [2.05, 4.69) is 10.2 Å². The normalized spacial score (nSPS) is 17.9. The van der Waals surface area contributed by atoms with Crippen LogP contribution in [0.1, 0.15) is 37.1 Å². The number of halogens is 3. The van der Waals surface area contributed by atoms with Crippen LogP contribution < -0.4 is 4.74 Å². The third-order valence-corrected chi connectivity index (χ3v) is 4.61. The zero-order chi connectivity index (χ0) is 17.3. The predicted molar refractivity (Wildman–Crippen MR) is 85.9 cm³/mol. The number of aromatic nitrogens is 2. The van der Waals surface area contributed by atoms with Gasteiger partial charge in [0.05, 0.1) is 12.3 Å². The highest BCUT2D eigenvalue weighted by Crippen LogP contribution is 2.36. The summed E-state index contributed by atoms with van der Waals surface area (Å²) in [6.07, 6.45) is 0.690. The van der Waals surface area contributed by atoms with Crippen LogP contribution in [0.4, 0.5) is 13.2 Å². The van der Waals surface area contributed by atoms with Gasteiger partial charge < -0.3 is 4.74 Å². The van der Waals surface area contributed by atoms with Crippen molar-refractivity contribution in [1.29, 1.82) is 0 Å². The van der Waals surface area contributed by atoms with Gasteiger partial charge in [0.1, 0.15) is 11.6 Å². The van der Waals surface area contributed by atoms with Gasteiger partial charge in [0.25, 0.3) is 0 Å². The first-order valence-electron chi connectivity index (χ1n) is 8.17. The van der Waals surface area contributed by atoms with Crippen LogP contribution in [0.25, 0.3) is 11.1 Å². The molecule has 0 spiro atoms. The Morgan fingerprint density at radius 1 is 1.21 bits per heavy atom. The molecule has 24 heavy (non-hydrogen) atoms. The highest BCUT2D eigenvalue weighted by atomic mass is 19.3. The second-order valence-electron chi connectivity index (χ2n) is 6.59. The van der Waals surface area contributed by atoms with Crippen molar-refractivity contribution in [3.63, 3.8) is 0 Å². The largest absolute Gasteiger partial charge is 0.493 e. The molecular weight excluding hydrogens is 317 g/mol. The van der Waals surface area contributed by atoms with Crippen LogP contribution >= 0.6 is 0 Å². The van der Waals surface area contributed by atoms with Gasteiger partial charge in [0, 0.05) is 30.2 Å². The van der Waals surface area contributed by atoms with Gasteiger partial charge in [0.2, 0.25) is 5.92 Å². The number of hydrogen-bond donors (Lipinski definition) is 1. The number of hydrogen-bond acceptors (Lipinski definition) is 2. The summed E-state index contributed by atoms with van der Waals surface area (Å²) in [7, 11) is 0. The molecule has 0 aliphatic heterocycles. The number of alkyl halides is 2. The maximum absolute atomic E-state index is 13.9. The quantitative estimate of drug-likeness (QED) is 0.848. The number of rotatable bonds is 4. The number of aromatic amines is 1. The van der Waals surface area contributed by atoms with E-state index in [0.717, 1.165) is 17.0 Å². The number of benzene rings is 1. The summed E-state index contributed by atoms with van der Waals surface area (Å²) >= 11 is 0. The van der Waals surface area contributed by atoms with Gasteiger partial charge in [-0.25, -0.2) is 13.2 Å².